The summed E-state index contributed by atoms with van der Waals surface area (Å²) >= 11 is 6.89. The Labute approximate surface area is 138 Å². The highest BCUT2D eigenvalue weighted by Gasteiger charge is 2.18. The van der Waals surface area contributed by atoms with Gasteiger partial charge in [-0.3, -0.25) is 0 Å². The number of halogens is 4. The van der Waals surface area contributed by atoms with Crippen LogP contribution in [0, 0.1) is 11.6 Å². The van der Waals surface area contributed by atoms with E-state index < -0.39 is 0 Å². The summed E-state index contributed by atoms with van der Waals surface area (Å²) in [4.78, 5) is -0.347. The monoisotopic (exact) mass is 410 g/mol. The van der Waals surface area contributed by atoms with E-state index in [2.05, 4.69) is 31.9 Å². The molecule has 0 bridgehead atoms. The maximum Gasteiger partial charge on any atom is 0.131 e. The van der Waals surface area contributed by atoms with E-state index in [1.807, 2.05) is 12.1 Å². The van der Waals surface area contributed by atoms with Gasteiger partial charge < -0.3 is 0 Å². The standard InChI is InChI=1S/C17H10Br2F2/c18-10-5-7-16(21)14(9-10)17(19)13-6-8-15(20)12-4-2-1-3-11(12)13/h1-9,17H. The molecule has 0 N–H and O–H groups in total. The Bertz CT molecular complexity index is 815. The number of hydrogen-bond donors (Lipinski definition) is 0. The van der Waals surface area contributed by atoms with Gasteiger partial charge in [0, 0.05) is 15.4 Å². The van der Waals surface area contributed by atoms with Crippen LogP contribution in [-0.2, 0) is 0 Å². The first-order chi connectivity index (χ1) is 10.1. The zero-order valence-corrected chi connectivity index (χ0v) is 14.0. The van der Waals surface area contributed by atoms with Crippen molar-refractivity contribution in [1.29, 1.82) is 0 Å². The summed E-state index contributed by atoms with van der Waals surface area (Å²) in [5, 5.41) is 1.31. The van der Waals surface area contributed by atoms with Gasteiger partial charge in [-0.1, -0.05) is 62.2 Å². The van der Waals surface area contributed by atoms with Gasteiger partial charge in [0.1, 0.15) is 11.6 Å². The summed E-state index contributed by atoms with van der Waals surface area (Å²) in [5.74, 6) is -0.572. The van der Waals surface area contributed by atoms with Gasteiger partial charge in [-0.15, -0.1) is 0 Å². The maximum atomic E-state index is 14.1. The van der Waals surface area contributed by atoms with Crippen LogP contribution < -0.4 is 0 Å². The molecule has 0 saturated heterocycles. The molecule has 0 heterocycles. The van der Waals surface area contributed by atoms with Crippen LogP contribution in [-0.4, -0.2) is 0 Å². The highest BCUT2D eigenvalue weighted by Crippen LogP contribution is 2.38. The fraction of sp³-hybridized carbons (Fsp3) is 0.0588. The Kier molecular flexibility index (Phi) is 4.09. The van der Waals surface area contributed by atoms with Crippen molar-refractivity contribution in [3.63, 3.8) is 0 Å². The molecular weight excluding hydrogens is 402 g/mol. The quantitative estimate of drug-likeness (QED) is 0.430. The molecule has 3 aromatic carbocycles. The lowest BCUT2D eigenvalue weighted by molar-refractivity contribution is 0.613. The second-order valence-electron chi connectivity index (χ2n) is 4.71. The van der Waals surface area contributed by atoms with E-state index in [4.69, 9.17) is 0 Å². The molecule has 0 aliphatic carbocycles. The third-order valence-corrected chi connectivity index (χ3v) is 4.89. The molecule has 0 spiro atoms. The molecule has 3 rings (SSSR count). The summed E-state index contributed by atoms with van der Waals surface area (Å²) in [7, 11) is 0. The summed E-state index contributed by atoms with van der Waals surface area (Å²) in [6.07, 6.45) is 0. The summed E-state index contributed by atoms with van der Waals surface area (Å²) in [5.41, 5.74) is 1.35. The third kappa shape index (κ3) is 2.74. The first kappa shape index (κ1) is 14.7. The molecule has 0 aromatic heterocycles. The van der Waals surface area contributed by atoms with Gasteiger partial charge in [0.2, 0.25) is 0 Å². The molecule has 0 nitrogen and oxygen atoms in total. The fourth-order valence-electron chi connectivity index (χ4n) is 2.38. The Morgan fingerprint density at radius 1 is 0.762 bits per heavy atom. The molecule has 1 atom stereocenters. The maximum absolute atomic E-state index is 14.1. The van der Waals surface area contributed by atoms with E-state index in [-0.39, 0.29) is 16.5 Å². The minimum atomic E-state index is -0.347. The number of rotatable bonds is 2. The lowest BCUT2D eigenvalue weighted by atomic mass is 9.98. The Morgan fingerprint density at radius 3 is 2.19 bits per heavy atom. The highest BCUT2D eigenvalue weighted by molar-refractivity contribution is 9.10. The van der Waals surface area contributed by atoms with Crippen LogP contribution in [0.15, 0.2) is 59.1 Å². The first-order valence-electron chi connectivity index (χ1n) is 6.34. The van der Waals surface area contributed by atoms with Crippen molar-refractivity contribution in [3.05, 3.63) is 81.8 Å². The minimum Gasteiger partial charge on any atom is -0.207 e. The van der Waals surface area contributed by atoms with E-state index in [1.165, 1.54) is 12.1 Å². The van der Waals surface area contributed by atoms with E-state index in [0.29, 0.717) is 10.9 Å². The zero-order valence-electron chi connectivity index (χ0n) is 10.8. The molecule has 106 valence electrons. The van der Waals surface area contributed by atoms with Crippen molar-refractivity contribution in [3.8, 4) is 0 Å². The lowest BCUT2D eigenvalue weighted by Gasteiger charge is -2.15. The SMILES string of the molecule is Fc1ccc(Br)cc1C(Br)c1ccc(F)c2ccccc12. The van der Waals surface area contributed by atoms with Gasteiger partial charge in [-0.05, 0) is 35.2 Å². The van der Waals surface area contributed by atoms with Crippen LogP contribution >= 0.6 is 31.9 Å². The van der Waals surface area contributed by atoms with Crippen molar-refractivity contribution in [1.82, 2.24) is 0 Å². The van der Waals surface area contributed by atoms with E-state index in [1.54, 1.807) is 30.3 Å². The number of benzene rings is 3. The average Bonchev–Trinajstić information content (AvgIpc) is 2.50. The van der Waals surface area contributed by atoms with Crippen molar-refractivity contribution in [2.45, 2.75) is 4.83 Å². The van der Waals surface area contributed by atoms with Crippen LogP contribution in [0.2, 0.25) is 0 Å². The molecule has 0 aliphatic rings. The van der Waals surface area contributed by atoms with Gasteiger partial charge in [0.25, 0.3) is 0 Å². The van der Waals surface area contributed by atoms with Crippen LogP contribution in [0.5, 0.6) is 0 Å². The fourth-order valence-corrected chi connectivity index (χ4v) is 3.51. The molecule has 3 aromatic rings. The van der Waals surface area contributed by atoms with Gasteiger partial charge in [0.05, 0.1) is 4.83 Å². The average molecular weight is 412 g/mol. The van der Waals surface area contributed by atoms with Crippen molar-refractivity contribution in [2.24, 2.45) is 0 Å². The molecule has 0 fully saturated rings. The smallest absolute Gasteiger partial charge is 0.131 e. The van der Waals surface area contributed by atoms with Crippen LogP contribution in [0.25, 0.3) is 10.8 Å². The third-order valence-electron chi connectivity index (χ3n) is 3.41. The van der Waals surface area contributed by atoms with Gasteiger partial charge >= 0.3 is 0 Å². The lowest BCUT2D eigenvalue weighted by Crippen LogP contribution is -1.98. The molecule has 0 amide bonds. The molecule has 0 aliphatic heterocycles. The predicted molar refractivity (Wildman–Crippen MR) is 88.8 cm³/mol. The number of fused-ring (bicyclic) bond motifs is 1. The van der Waals surface area contributed by atoms with Crippen molar-refractivity contribution in [2.75, 3.05) is 0 Å². The summed E-state index contributed by atoms with van der Waals surface area (Å²) in [6.45, 7) is 0. The van der Waals surface area contributed by atoms with Crippen LogP contribution in [0.3, 0.4) is 0 Å². The second-order valence-corrected chi connectivity index (χ2v) is 6.54. The number of alkyl halides is 1. The van der Waals surface area contributed by atoms with E-state index in [9.17, 15) is 8.78 Å². The Balaban J connectivity index is 2.20. The van der Waals surface area contributed by atoms with Gasteiger partial charge in [-0.25, -0.2) is 8.78 Å². The van der Waals surface area contributed by atoms with Crippen molar-refractivity contribution >= 4 is 42.6 Å². The summed E-state index contributed by atoms with van der Waals surface area (Å²) < 4.78 is 28.7. The van der Waals surface area contributed by atoms with Crippen LogP contribution in [0.4, 0.5) is 8.78 Å². The molecular formula is C17H10Br2F2. The largest absolute Gasteiger partial charge is 0.207 e. The predicted octanol–water partition coefficient (Wildman–Crippen LogP) is 6.36. The second kappa shape index (κ2) is 5.85. The molecule has 0 radical (unpaired) electrons. The first-order valence-corrected chi connectivity index (χ1v) is 8.05. The summed E-state index contributed by atoms with van der Waals surface area (Å²) in [6, 6.07) is 15.1. The Hall–Kier alpha value is -1.26. The van der Waals surface area contributed by atoms with Crippen LogP contribution in [0.1, 0.15) is 16.0 Å². The molecule has 1 unspecified atom stereocenters. The number of hydrogen-bond acceptors (Lipinski definition) is 0. The normalized spacial score (nSPS) is 12.6. The topological polar surface area (TPSA) is 0 Å². The van der Waals surface area contributed by atoms with E-state index >= 15 is 0 Å². The molecule has 21 heavy (non-hydrogen) atoms. The van der Waals surface area contributed by atoms with Gasteiger partial charge in [-0.2, -0.15) is 0 Å². The molecule has 4 heteroatoms. The van der Waals surface area contributed by atoms with Gasteiger partial charge in [0.15, 0.2) is 0 Å². The van der Waals surface area contributed by atoms with Crippen molar-refractivity contribution < 1.29 is 8.78 Å². The van der Waals surface area contributed by atoms with E-state index in [0.717, 1.165) is 15.4 Å². The minimum absolute atomic E-state index is 0.274. The Morgan fingerprint density at radius 2 is 1.43 bits per heavy atom. The molecule has 0 saturated carbocycles. The zero-order chi connectivity index (χ0) is 15.0. The highest BCUT2D eigenvalue weighted by atomic mass is 79.9.